The molecule has 23 heavy (non-hydrogen) atoms. The Balaban J connectivity index is 1.74. The number of nitrogens with zero attached hydrogens (tertiary/aromatic N) is 1. The first kappa shape index (κ1) is 15.1. The highest BCUT2D eigenvalue weighted by atomic mass is 19.1. The molecule has 0 atom stereocenters. The number of aromatic nitrogens is 1. The second kappa shape index (κ2) is 5.75. The number of rotatable bonds is 4. The lowest BCUT2D eigenvalue weighted by Crippen LogP contribution is -2.45. The van der Waals surface area contributed by atoms with E-state index in [2.05, 4.69) is 15.4 Å². The molecule has 2 N–H and O–H groups in total. The Labute approximate surface area is 132 Å². The monoisotopic (exact) mass is 317 g/mol. The van der Waals surface area contributed by atoms with E-state index >= 15 is 0 Å². The van der Waals surface area contributed by atoms with Crippen LogP contribution in [0.25, 0.3) is 5.69 Å². The Morgan fingerprint density at radius 3 is 2.57 bits per heavy atom. The maximum absolute atomic E-state index is 13.9. The van der Waals surface area contributed by atoms with Crippen LogP contribution in [0.5, 0.6) is 0 Å². The van der Waals surface area contributed by atoms with Crippen molar-refractivity contribution in [1.29, 1.82) is 0 Å². The lowest BCUT2D eigenvalue weighted by atomic mass is 10.2. The minimum atomic E-state index is -0.979. The van der Waals surface area contributed by atoms with Crippen LogP contribution < -0.4 is 10.6 Å². The summed E-state index contributed by atoms with van der Waals surface area (Å²) in [6.45, 7) is 0. The number of carbonyl (C=O) groups is 2. The number of hydrogen-bond acceptors (Lipinski definition) is 3. The zero-order valence-corrected chi connectivity index (χ0v) is 12.5. The van der Waals surface area contributed by atoms with Gasteiger partial charge in [-0.15, -0.1) is 0 Å². The average molecular weight is 317 g/mol. The Kier molecular flexibility index (Phi) is 3.77. The van der Waals surface area contributed by atoms with Crippen molar-refractivity contribution in [2.45, 2.75) is 18.4 Å². The van der Waals surface area contributed by atoms with E-state index in [-0.39, 0.29) is 5.69 Å². The molecule has 2 amide bonds. The number of benzene rings is 1. The Morgan fingerprint density at radius 1 is 1.26 bits per heavy atom. The number of ether oxygens (including phenoxy) is 1. The van der Waals surface area contributed by atoms with Crippen molar-refractivity contribution >= 4 is 17.7 Å². The summed E-state index contributed by atoms with van der Waals surface area (Å²) in [5, 5.41) is 4.99. The van der Waals surface area contributed by atoms with Gasteiger partial charge >= 0.3 is 12.0 Å². The van der Waals surface area contributed by atoms with E-state index in [9.17, 15) is 14.0 Å². The van der Waals surface area contributed by atoms with E-state index < -0.39 is 23.4 Å². The topological polar surface area (TPSA) is 72.4 Å². The zero-order valence-electron chi connectivity index (χ0n) is 12.5. The molecule has 6 nitrogen and oxygen atoms in total. The summed E-state index contributed by atoms with van der Waals surface area (Å²) in [5.74, 6) is -1.05. The quantitative estimate of drug-likeness (QED) is 0.851. The molecule has 1 aliphatic rings. The number of halogens is 1. The second-order valence-electron chi connectivity index (χ2n) is 5.41. The van der Waals surface area contributed by atoms with E-state index in [0.29, 0.717) is 18.5 Å². The molecule has 0 aliphatic heterocycles. The molecule has 1 heterocycles. The number of nitrogens with one attached hydrogen (secondary N) is 2. The number of amides is 2. The van der Waals surface area contributed by atoms with Gasteiger partial charge in [-0.25, -0.2) is 14.0 Å². The number of methoxy groups -OCH3 is 1. The predicted molar refractivity (Wildman–Crippen MR) is 81.9 cm³/mol. The fraction of sp³-hybridized carbons (Fsp3) is 0.250. The third-order valence-corrected chi connectivity index (χ3v) is 3.78. The van der Waals surface area contributed by atoms with Crippen LogP contribution in [0.15, 0.2) is 42.7 Å². The van der Waals surface area contributed by atoms with Crippen molar-refractivity contribution in [2.75, 3.05) is 12.4 Å². The highest BCUT2D eigenvalue weighted by Crippen LogP contribution is 2.36. The minimum absolute atomic E-state index is 0.0364. The van der Waals surface area contributed by atoms with Gasteiger partial charge in [0.25, 0.3) is 0 Å². The lowest BCUT2D eigenvalue weighted by Gasteiger charge is -2.16. The third kappa shape index (κ3) is 3.03. The van der Waals surface area contributed by atoms with Gasteiger partial charge in [0.15, 0.2) is 0 Å². The van der Waals surface area contributed by atoms with Gasteiger partial charge in [0, 0.05) is 18.1 Å². The largest absolute Gasteiger partial charge is 0.467 e. The summed E-state index contributed by atoms with van der Waals surface area (Å²) in [6, 6.07) is 7.45. The molecule has 1 fully saturated rings. The number of carbonyl (C=O) groups excluding carboxylic acids is 2. The Bertz CT molecular complexity index is 739. The summed E-state index contributed by atoms with van der Waals surface area (Å²) >= 11 is 0. The highest BCUT2D eigenvalue weighted by molar-refractivity contribution is 5.96. The van der Waals surface area contributed by atoms with Gasteiger partial charge in [-0.05, 0) is 43.2 Å². The normalized spacial score (nSPS) is 14.9. The zero-order chi connectivity index (χ0) is 16.4. The summed E-state index contributed by atoms with van der Waals surface area (Å²) in [4.78, 5) is 23.7. The molecule has 7 heteroatoms. The Morgan fingerprint density at radius 2 is 1.96 bits per heavy atom. The van der Waals surface area contributed by atoms with Crippen LogP contribution in [-0.2, 0) is 9.53 Å². The third-order valence-electron chi connectivity index (χ3n) is 3.78. The minimum Gasteiger partial charge on any atom is -0.467 e. The van der Waals surface area contributed by atoms with Gasteiger partial charge in [0.2, 0.25) is 0 Å². The van der Waals surface area contributed by atoms with Crippen molar-refractivity contribution in [3.63, 3.8) is 0 Å². The molecule has 3 rings (SSSR count). The fourth-order valence-electron chi connectivity index (χ4n) is 2.35. The number of anilines is 1. The van der Waals surface area contributed by atoms with Crippen LogP contribution in [0.1, 0.15) is 12.8 Å². The molecule has 0 saturated heterocycles. The van der Waals surface area contributed by atoms with E-state index in [4.69, 9.17) is 0 Å². The van der Waals surface area contributed by atoms with Gasteiger partial charge < -0.3 is 19.9 Å². The smallest absolute Gasteiger partial charge is 0.331 e. The predicted octanol–water partition coefficient (Wildman–Crippen LogP) is 2.44. The summed E-state index contributed by atoms with van der Waals surface area (Å²) in [5.41, 5.74) is -0.233. The van der Waals surface area contributed by atoms with Crippen molar-refractivity contribution in [3.05, 3.63) is 48.5 Å². The number of urea groups is 1. The molecule has 0 radical (unpaired) electrons. The first-order valence-corrected chi connectivity index (χ1v) is 7.14. The van der Waals surface area contributed by atoms with Crippen LogP contribution in [0, 0.1) is 5.82 Å². The first-order chi connectivity index (χ1) is 11.0. The fourth-order valence-corrected chi connectivity index (χ4v) is 2.35. The van der Waals surface area contributed by atoms with Gasteiger partial charge in [0.05, 0.1) is 12.8 Å². The van der Waals surface area contributed by atoms with E-state index in [1.165, 1.54) is 19.2 Å². The molecule has 0 unspecified atom stereocenters. The van der Waals surface area contributed by atoms with Crippen LogP contribution in [0.4, 0.5) is 14.9 Å². The van der Waals surface area contributed by atoms with E-state index in [0.717, 1.165) is 0 Å². The summed E-state index contributed by atoms with van der Waals surface area (Å²) < 4.78 is 20.4. The van der Waals surface area contributed by atoms with Crippen LogP contribution in [0.2, 0.25) is 0 Å². The van der Waals surface area contributed by atoms with Crippen LogP contribution in [-0.4, -0.2) is 29.2 Å². The van der Waals surface area contributed by atoms with Crippen LogP contribution in [0.3, 0.4) is 0 Å². The van der Waals surface area contributed by atoms with Gasteiger partial charge in [0.1, 0.15) is 11.4 Å². The van der Waals surface area contributed by atoms with Gasteiger partial charge in [-0.3, -0.25) is 0 Å². The lowest BCUT2D eigenvalue weighted by molar-refractivity contribution is -0.144. The average Bonchev–Trinajstić information content (AvgIpc) is 3.11. The van der Waals surface area contributed by atoms with Crippen molar-refractivity contribution in [3.8, 4) is 5.69 Å². The summed E-state index contributed by atoms with van der Waals surface area (Å²) in [6.07, 6.45) is 4.65. The van der Waals surface area contributed by atoms with Gasteiger partial charge in [-0.1, -0.05) is 0 Å². The van der Waals surface area contributed by atoms with Crippen molar-refractivity contribution < 1.29 is 18.7 Å². The molecule has 0 bridgehead atoms. The van der Waals surface area contributed by atoms with Crippen molar-refractivity contribution in [2.24, 2.45) is 0 Å². The molecule has 120 valence electrons. The molecule has 1 aromatic carbocycles. The SMILES string of the molecule is COC(=O)C1(NC(=O)Nc2cc(-n3cccc3)ccc2F)CC1. The standard InChI is InChI=1S/C16H16FN3O3/c1-23-14(21)16(6-7-16)19-15(22)18-13-10-11(4-5-12(13)17)20-8-2-3-9-20/h2-5,8-10H,6-7H2,1H3,(H2,18,19,22). The van der Waals surface area contributed by atoms with Gasteiger partial charge in [-0.2, -0.15) is 0 Å². The summed E-state index contributed by atoms with van der Waals surface area (Å²) in [7, 11) is 1.27. The molecule has 1 aliphatic carbocycles. The Hall–Kier alpha value is -2.83. The molecule has 2 aromatic rings. The molecule has 1 saturated carbocycles. The maximum Gasteiger partial charge on any atom is 0.331 e. The second-order valence-corrected chi connectivity index (χ2v) is 5.41. The molecular weight excluding hydrogens is 301 g/mol. The maximum atomic E-state index is 13.9. The van der Waals surface area contributed by atoms with Crippen LogP contribution >= 0.6 is 0 Å². The molecule has 0 spiro atoms. The first-order valence-electron chi connectivity index (χ1n) is 7.14. The molecule has 1 aromatic heterocycles. The molecular formula is C16H16FN3O3. The number of hydrogen-bond donors (Lipinski definition) is 2. The van der Waals surface area contributed by atoms with E-state index in [1.807, 2.05) is 24.5 Å². The van der Waals surface area contributed by atoms with Crippen molar-refractivity contribution in [1.82, 2.24) is 9.88 Å². The number of esters is 1. The highest BCUT2D eigenvalue weighted by Gasteiger charge is 2.52. The van der Waals surface area contributed by atoms with E-state index in [1.54, 1.807) is 10.6 Å².